The average molecular weight is 315 g/mol. The van der Waals surface area contributed by atoms with Crippen LogP contribution in [0.25, 0.3) is 0 Å². The highest BCUT2D eigenvalue weighted by atomic mass is 32.1. The van der Waals surface area contributed by atoms with Crippen LogP contribution in [0.3, 0.4) is 0 Å². The van der Waals surface area contributed by atoms with Gasteiger partial charge in [-0.3, -0.25) is 0 Å². The molecule has 0 unspecified atom stereocenters. The van der Waals surface area contributed by atoms with Crippen LogP contribution in [-0.4, -0.2) is 12.2 Å². The maximum atomic E-state index is 5.70. The number of rotatable bonds is 3. The molecule has 4 bridgehead atoms. The van der Waals surface area contributed by atoms with Crippen molar-refractivity contribution in [2.24, 2.45) is 23.5 Å². The van der Waals surface area contributed by atoms with Crippen molar-refractivity contribution in [1.29, 1.82) is 0 Å². The van der Waals surface area contributed by atoms with E-state index in [4.69, 9.17) is 18.0 Å². The Kier molecular flexibility index (Phi) is 3.33. The lowest BCUT2D eigenvalue weighted by molar-refractivity contribution is -0.00515. The summed E-state index contributed by atoms with van der Waals surface area (Å²) >= 11 is 5.04. The smallest absolute Gasteiger partial charge is 0.168 e. The second-order valence-electron chi connectivity index (χ2n) is 7.70. The van der Waals surface area contributed by atoms with Gasteiger partial charge in [0.2, 0.25) is 0 Å². The van der Waals surface area contributed by atoms with Gasteiger partial charge in [0.15, 0.2) is 5.11 Å². The van der Waals surface area contributed by atoms with Crippen molar-refractivity contribution in [3.8, 4) is 0 Å². The first kappa shape index (κ1) is 14.3. The lowest BCUT2D eigenvalue weighted by Gasteiger charge is -2.57. The summed E-state index contributed by atoms with van der Waals surface area (Å²) in [6.45, 7) is 0. The van der Waals surface area contributed by atoms with Crippen molar-refractivity contribution in [2.45, 2.75) is 43.9 Å². The van der Waals surface area contributed by atoms with E-state index in [1.54, 1.807) is 0 Å². The highest BCUT2D eigenvalue weighted by molar-refractivity contribution is 7.80. The Labute approximate surface area is 138 Å². The van der Waals surface area contributed by atoms with Crippen molar-refractivity contribution in [3.63, 3.8) is 0 Å². The minimum Gasteiger partial charge on any atom is -0.386 e. The third kappa shape index (κ3) is 2.28. The fourth-order valence-electron chi connectivity index (χ4n) is 5.79. The largest absolute Gasteiger partial charge is 0.386 e. The van der Waals surface area contributed by atoms with Gasteiger partial charge in [0.25, 0.3) is 0 Å². The number of nitrogens with one attached hydrogen (secondary N) is 2. The summed E-state index contributed by atoms with van der Waals surface area (Å²) in [5, 5.41) is 6.70. The van der Waals surface area contributed by atoms with Crippen molar-refractivity contribution < 1.29 is 0 Å². The van der Waals surface area contributed by atoms with E-state index >= 15 is 0 Å². The maximum Gasteiger partial charge on any atom is 0.168 e. The molecule has 1 aromatic carbocycles. The molecule has 118 valence electrons. The van der Waals surface area contributed by atoms with Gasteiger partial charge in [0.05, 0.1) is 11.4 Å². The molecule has 0 amide bonds. The topological polar surface area (TPSA) is 50.1 Å². The molecule has 5 rings (SSSR count). The molecule has 0 spiro atoms. The van der Waals surface area contributed by atoms with Crippen LogP contribution in [0.4, 0.5) is 11.4 Å². The summed E-state index contributed by atoms with van der Waals surface area (Å²) in [6.07, 6.45) is 8.57. The lowest BCUT2D eigenvalue weighted by Crippen LogP contribution is -2.48. The van der Waals surface area contributed by atoms with Crippen LogP contribution < -0.4 is 16.4 Å². The molecule has 4 heteroatoms. The maximum absolute atomic E-state index is 5.70. The summed E-state index contributed by atoms with van der Waals surface area (Å²) in [4.78, 5) is 0. The molecule has 1 aromatic rings. The molecule has 22 heavy (non-hydrogen) atoms. The molecule has 4 aliphatic rings. The van der Waals surface area contributed by atoms with Gasteiger partial charge >= 0.3 is 0 Å². The van der Waals surface area contributed by atoms with Crippen molar-refractivity contribution >= 4 is 28.7 Å². The Bertz CT molecular complexity index is 575. The molecule has 3 nitrogen and oxygen atoms in total. The van der Waals surface area contributed by atoms with Crippen LogP contribution in [0.5, 0.6) is 0 Å². The fourth-order valence-corrected chi connectivity index (χ4v) is 5.90. The highest BCUT2D eigenvalue weighted by Crippen LogP contribution is 2.61. The first-order chi connectivity index (χ1) is 10.6. The number of thiocarbonyl (C=S) groups is 1. The van der Waals surface area contributed by atoms with Gasteiger partial charge in [-0.1, -0.05) is 6.07 Å². The van der Waals surface area contributed by atoms with Crippen molar-refractivity contribution in [3.05, 3.63) is 23.8 Å². The molecule has 0 saturated heterocycles. The van der Waals surface area contributed by atoms with Gasteiger partial charge in [0, 0.05) is 7.05 Å². The monoisotopic (exact) mass is 315 g/mol. The van der Waals surface area contributed by atoms with E-state index in [0.29, 0.717) is 10.5 Å². The lowest BCUT2D eigenvalue weighted by atomic mass is 9.48. The molecule has 4 saturated carbocycles. The number of hydrogen-bond donors (Lipinski definition) is 3. The van der Waals surface area contributed by atoms with Gasteiger partial charge in [-0.05, 0) is 91.6 Å². The van der Waals surface area contributed by atoms with Gasteiger partial charge in [-0.25, -0.2) is 0 Å². The Balaban J connectivity index is 1.71. The van der Waals surface area contributed by atoms with Crippen LogP contribution in [0.2, 0.25) is 0 Å². The van der Waals surface area contributed by atoms with Crippen LogP contribution in [0, 0.1) is 17.8 Å². The molecule has 0 radical (unpaired) electrons. The Hall–Kier alpha value is -1.29. The predicted octanol–water partition coefficient (Wildman–Crippen LogP) is 3.85. The van der Waals surface area contributed by atoms with E-state index in [1.165, 1.54) is 44.1 Å². The second-order valence-corrected chi connectivity index (χ2v) is 8.14. The zero-order chi connectivity index (χ0) is 15.3. The minimum atomic E-state index is 0.333. The highest BCUT2D eigenvalue weighted by Gasteiger charge is 2.51. The molecule has 0 aliphatic heterocycles. The van der Waals surface area contributed by atoms with Crippen molar-refractivity contribution in [2.75, 3.05) is 17.7 Å². The predicted molar refractivity (Wildman–Crippen MR) is 96.2 cm³/mol. The van der Waals surface area contributed by atoms with Gasteiger partial charge < -0.3 is 16.4 Å². The zero-order valence-electron chi connectivity index (χ0n) is 13.2. The molecule has 4 N–H and O–H groups in total. The van der Waals surface area contributed by atoms with Crippen LogP contribution in [-0.2, 0) is 5.41 Å². The first-order valence-electron chi connectivity index (χ1n) is 8.47. The fraction of sp³-hybridized carbons (Fsp3) is 0.611. The Morgan fingerprint density at radius 1 is 1.09 bits per heavy atom. The molecule has 4 fully saturated rings. The average Bonchev–Trinajstić information content (AvgIpc) is 2.45. The molecule has 4 aliphatic carbocycles. The van der Waals surface area contributed by atoms with E-state index in [0.717, 1.165) is 29.1 Å². The van der Waals surface area contributed by atoms with Crippen molar-refractivity contribution in [1.82, 2.24) is 0 Å². The summed E-state index contributed by atoms with van der Waals surface area (Å²) in [6, 6.07) is 6.79. The number of hydrogen-bond acceptors (Lipinski definition) is 2. The minimum absolute atomic E-state index is 0.333. The number of anilines is 2. The number of nitrogens with two attached hydrogens (primary N) is 1. The summed E-state index contributed by atoms with van der Waals surface area (Å²) < 4.78 is 0. The van der Waals surface area contributed by atoms with Crippen LogP contribution in [0.1, 0.15) is 44.1 Å². The third-order valence-corrected chi connectivity index (χ3v) is 6.30. The molecule has 0 heterocycles. The van der Waals surface area contributed by atoms with E-state index in [1.807, 2.05) is 7.05 Å². The van der Waals surface area contributed by atoms with E-state index < -0.39 is 0 Å². The quantitative estimate of drug-likeness (QED) is 0.742. The molecule has 0 aromatic heterocycles. The molecular formula is C18H25N3S. The molecular weight excluding hydrogens is 290 g/mol. The van der Waals surface area contributed by atoms with E-state index in [-0.39, 0.29) is 0 Å². The standard InChI is InChI=1S/C18H25N3S/c1-20-15-3-2-14(7-16(15)21-17(19)22)18-8-11-4-12(9-18)6-13(5-11)10-18/h2-3,7,11-13,20H,4-6,8-10H2,1H3,(H3,19,21,22). The molecule has 0 atom stereocenters. The Morgan fingerprint density at radius 2 is 1.68 bits per heavy atom. The van der Waals surface area contributed by atoms with E-state index in [9.17, 15) is 0 Å². The first-order valence-corrected chi connectivity index (χ1v) is 8.87. The van der Waals surface area contributed by atoms with Crippen LogP contribution in [0.15, 0.2) is 18.2 Å². The normalized spacial score (nSPS) is 35.4. The van der Waals surface area contributed by atoms with Crippen LogP contribution >= 0.6 is 12.2 Å². The third-order valence-electron chi connectivity index (χ3n) is 6.20. The SMILES string of the molecule is CNc1ccc(C23CC4CC(CC(C4)C2)C3)cc1NC(N)=S. The van der Waals surface area contributed by atoms with Gasteiger partial charge in [-0.2, -0.15) is 0 Å². The van der Waals surface area contributed by atoms with Gasteiger partial charge in [0.1, 0.15) is 0 Å². The summed E-state index contributed by atoms with van der Waals surface area (Å²) in [7, 11) is 1.93. The Morgan fingerprint density at radius 3 is 2.18 bits per heavy atom. The summed E-state index contributed by atoms with van der Waals surface area (Å²) in [5.74, 6) is 2.88. The zero-order valence-corrected chi connectivity index (χ0v) is 14.0. The number of benzene rings is 1. The van der Waals surface area contributed by atoms with Gasteiger partial charge in [-0.15, -0.1) is 0 Å². The summed E-state index contributed by atoms with van der Waals surface area (Å²) in [5.41, 5.74) is 9.67. The second kappa shape index (κ2) is 5.12. The van der Waals surface area contributed by atoms with E-state index in [2.05, 4.69) is 28.8 Å².